The molecule has 1 N–H and O–H groups in total. The van der Waals surface area contributed by atoms with E-state index < -0.39 is 21.0 Å². The standard InChI is InChI=1S/C16H23NO5S/c1-3-21-13-6-8-15(9-7-13)23(19,20)12(2)16(18)17-11-14-5-4-10-22-14/h6-9,12,14H,3-5,10-11H2,1-2H3,(H,17,18)/t12-,14+/m0/s1. The Morgan fingerprint density at radius 2 is 2.09 bits per heavy atom. The summed E-state index contributed by atoms with van der Waals surface area (Å²) in [6, 6.07) is 6.11. The van der Waals surface area contributed by atoms with Crippen LogP contribution in [0.25, 0.3) is 0 Å². The van der Waals surface area contributed by atoms with Crippen LogP contribution in [-0.4, -0.2) is 45.4 Å². The normalized spacial score (nSPS) is 19.3. The maximum absolute atomic E-state index is 12.5. The highest BCUT2D eigenvalue weighted by Crippen LogP contribution is 2.20. The van der Waals surface area contributed by atoms with Gasteiger partial charge in [0.25, 0.3) is 0 Å². The van der Waals surface area contributed by atoms with Gasteiger partial charge in [-0.1, -0.05) is 0 Å². The Kier molecular flexibility index (Phi) is 6.01. The highest BCUT2D eigenvalue weighted by molar-refractivity contribution is 7.92. The van der Waals surface area contributed by atoms with Gasteiger partial charge in [-0.05, 0) is 51.0 Å². The molecule has 0 aliphatic carbocycles. The van der Waals surface area contributed by atoms with Crippen LogP contribution < -0.4 is 10.1 Å². The zero-order valence-corrected chi connectivity index (χ0v) is 14.3. The Labute approximate surface area is 137 Å². The number of hydrogen-bond acceptors (Lipinski definition) is 5. The van der Waals surface area contributed by atoms with Gasteiger partial charge in [0, 0.05) is 13.2 Å². The van der Waals surface area contributed by atoms with E-state index in [0.29, 0.717) is 25.5 Å². The average molecular weight is 341 g/mol. The number of rotatable bonds is 7. The minimum Gasteiger partial charge on any atom is -0.494 e. The summed E-state index contributed by atoms with van der Waals surface area (Å²) in [7, 11) is -3.72. The van der Waals surface area contributed by atoms with Crippen LogP contribution in [-0.2, 0) is 19.4 Å². The van der Waals surface area contributed by atoms with E-state index in [1.807, 2.05) is 6.92 Å². The van der Waals surface area contributed by atoms with E-state index in [1.54, 1.807) is 12.1 Å². The van der Waals surface area contributed by atoms with Gasteiger partial charge < -0.3 is 14.8 Å². The second kappa shape index (κ2) is 7.79. The molecule has 2 atom stereocenters. The van der Waals surface area contributed by atoms with Crippen LogP contribution in [0.3, 0.4) is 0 Å². The number of amides is 1. The highest BCUT2D eigenvalue weighted by Gasteiger charge is 2.30. The minimum atomic E-state index is -3.72. The molecule has 2 rings (SSSR count). The lowest BCUT2D eigenvalue weighted by Crippen LogP contribution is -2.41. The van der Waals surface area contributed by atoms with Crippen molar-refractivity contribution >= 4 is 15.7 Å². The van der Waals surface area contributed by atoms with E-state index in [-0.39, 0.29) is 11.0 Å². The third kappa shape index (κ3) is 4.45. The molecule has 1 aliphatic rings. The van der Waals surface area contributed by atoms with Crippen molar-refractivity contribution in [3.05, 3.63) is 24.3 Å². The van der Waals surface area contributed by atoms with Crippen LogP contribution in [0.2, 0.25) is 0 Å². The van der Waals surface area contributed by atoms with Crippen molar-refractivity contribution in [1.29, 1.82) is 0 Å². The Bertz CT molecular complexity index is 620. The average Bonchev–Trinajstić information content (AvgIpc) is 3.06. The molecule has 128 valence electrons. The molecule has 0 radical (unpaired) electrons. The molecule has 1 aromatic rings. The fourth-order valence-electron chi connectivity index (χ4n) is 2.40. The Balaban J connectivity index is 2.00. The summed E-state index contributed by atoms with van der Waals surface area (Å²) >= 11 is 0. The highest BCUT2D eigenvalue weighted by atomic mass is 32.2. The van der Waals surface area contributed by atoms with Gasteiger partial charge in [-0.25, -0.2) is 8.42 Å². The molecule has 0 aromatic heterocycles. The Hall–Kier alpha value is -1.60. The quantitative estimate of drug-likeness (QED) is 0.813. The minimum absolute atomic E-state index is 0.0145. The second-order valence-corrected chi connectivity index (χ2v) is 7.74. The van der Waals surface area contributed by atoms with Gasteiger partial charge in [0.1, 0.15) is 11.0 Å². The molecule has 7 heteroatoms. The van der Waals surface area contributed by atoms with E-state index in [2.05, 4.69) is 5.32 Å². The molecule has 1 amide bonds. The molecular weight excluding hydrogens is 318 g/mol. The first-order valence-corrected chi connectivity index (χ1v) is 9.36. The predicted molar refractivity (Wildman–Crippen MR) is 86.2 cm³/mol. The molecule has 0 saturated carbocycles. The SMILES string of the molecule is CCOc1ccc(S(=O)(=O)[C@@H](C)C(=O)NC[C@H]2CCCO2)cc1. The number of carbonyl (C=O) groups is 1. The number of sulfone groups is 1. The van der Waals surface area contributed by atoms with Crippen molar-refractivity contribution in [2.75, 3.05) is 19.8 Å². The molecule has 1 fully saturated rings. The lowest BCUT2D eigenvalue weighted by Gasteiger charge is -2.16. The molecule has 23 heavy (non-hydrogen) atoms. The van der Waals surface area contributed by atoms with Crippen molar-refractivity contribution in [3.63, 3.8) is 0 Å². The van der Waals surface area contributed by atoms with E-state index in [1.165, 1.54) is 19.1 Å². The molecule has 0 unspecified atom stereocenters. The van der Waals surface area contributed by atoms with Gasteiger partial charge in [0.2, 0.25) is 5.91 Å². The van der Waals surface area contributed by atoms with Gasteiger partial charge in [-0.15, -0.1) is 0 Å². The van der Waals surface area contributed by atoms with E-state index in [0.717, 1.165) is 12.8 Å². The molecule has 1 heterocycles. The summed E-state index contributed by atoms with van der Waals surface area (Å²) < 4.78 is 35.7. The first-order chi connectivity index (χ1) is 10.9. The van der Waals surface area contributed by atoms with Crippen LogP contribution in [0.4, 0.5) is 0 Å². The summed E-state index contributed by atoms with van der Waals surface area (Å²) in [5.74, 6) is 0.0938. The first-order valence-electron chi connectivity index (χ1n) is 7.81. The fraction of sp³-hybridized carbons (Fsp3) is 0.562. The zero-order valence-electron chi connectivity index (χ0n) is 13.4. The summed E-state index contributed by atoms with van der Waals surface area (Å²) in [6.45, 7) is 4.80. The third-order valence-corrected chi connectivity index (χ3v) is 5.90. The largest absolute Gasteiger partial charge is 0.494 e. The number of nitrogens with one attached hydrogen (secondary N) is 1. The zero-order chi connectivity index (χ0) is 16.9. The van der Waals surface area contributed by atoms with E-state index in [9.17, 15) is 13.2 Å². The monoisotopic (exact) mass is 341 g/mol. The van der Waals surface area contributed by atoms with Gasteiger partial charge in [-0.3, -0.25) is 4.79 Å². The molecule has 1 aromatic carbocycles. The van der Waals surface area contributed by atoms with Crippen molar-refractivity contribution in [2.24, 2.45) is 0 Å². The molecule has 1 saturated heterocycles. The van der Waals surface area contributed by atoms with Crippen LogP contribution >= 0.6 is 0 Å². The van der Waals surface area contributed by atoms with Crippen LogP contribution in [0, 0.1) is 0 Å². The molecule has 0 spiro atoms. The lowest BCUT2D eigenvalue weighted by atomic mass is 10.2. The fourth-order valence-corrected chi connectivity index (χ4v) is 3.69. The van der Waals surface area contributed by atoms with Gasteiger partial charge in [0.05, 0.1) is 17.6 Å². The maximum atomic E-state index is 12.5. The van der Waals surface area contributed by atoms with Crippen LogP contribution in [0.5, 0.6) is 5.75 Å². The van der Waals surface area contributed by atoms with Crippen LogP contribution in [0.1, 0.15) is 26.7 Å². The van der Waals surface area contributed by atoms with Gasteiger partial charge in [-0.2, -0.15) is 0 Å². The molecule has 0 bridgehead atoms. The summed E-state index contributed by atoms with van der Waals surface area (Å²) in [6.07, 6.45) is 1.85. The van der Waals surface area contributed by atoms with Crippen molar-refractivity contribution < 1.29 is 22.7 Å². The number of ether oxygens (including phenoxy) is 2. The first kappa shape index (κ1) is 17.7. The lowest BCUT2D eigenvalue weighted by molar-refractivity contribution is -0.120. The van der Waals surface area contributed by atoms with E-state index >= 15 is 0 Å². The van der Waals surface area contributed by atoms with Crippen molar-refractivity contribution in [2.45, 2.75) is 42.9 Å². The van der Waals surface area contributed by atoms with Crippen LogP contribution in [0.15, 0.2) is 29.2 Å². The predicted octanol–water partition coefficient (Wildman–Crippen LogP) is 1.54. The molecular formula is C16H23NO5S. The number of hydrogen-bond donors (Lipinski definition) is 1. The Morgan fingerprint density at radius 3 is 2.65 bits per heavy atom. The second-order valence-electron chi connectivity index (χ2n) is 5.47. The van der Waals surface area contributed by atoms with E-state index in [4.69, 9.17) is 9.47 Å². The maximum Gasteiger partial charge on any atom is 0.238 e. The molecule has 6 nitrogen and oxygen atoms in total. The van der Waals surface area contributed by atoms with Crippen molar-refractivity contribution in [3.8, 4) is 5.75 Å². The third-order valence-electron chi connectivity index (χ3n) is 3.83. The van der Waals surface area contributed by atoms with Crippen molar-refractivity contribution in [1.82, 2.24) is 5.32 Å². The molecule has 1 aliphatic heterocycles. The van der Waals surface area contributed by atoms with Gasteiger partial charge in [0.15, 0.2) is 9.84 Å². The Morgan fingerprint density at radius 1 is 1.39 bits per heavy atom. The van der Waals surface area contributed by atoms with Gasteiger partial charge >= 0.3 is 0 Å². The smallest absolute Gasteiger partial charge is 0.238 e. The number of benzene rings is 1. The topological polar surface area (TPSA) is 81.7 Å². The summed E-state index contributed by atoms with van der Waals surface area (Å²) in [4.78, 5) is 12.2. The number of carbonyl (C=O) groups excluding carboxylic acids is 1. The summed E-state index contributed by atoms with van der Waals surface area (Å²) in [5.41, 5.74) is 0. The summed E-state index contributed by atoms with van der Waals surface area (Å²) in [5, 5.41) is 1.51.